The minimum Gasteiger partial charge on any atom is -0.370 e. The van der Waals surface area contributed by atoms with Crippen LogP contribution in [0.2, 0.25) is 0 Å². The van der Waals surface area contributed by atoms with E-state index in [1.165, 1.54) is 12.0 Å². The molecule has 5 nitrogen and oxygen atoms in total. The Bertz CT molecular complexity index is 670. The zero-order valence-corrected chi connectivity index (χ0v) is 15.3. The fourth-order valence-corrected chi connectivity index (χ4v) is 3.18. The zero-order valence-electron chi connectivity index (χ0n) is 15.3. The van der Waals surface area contributed by atoms with Crippen LogP contribution < -0.4 is 5.32 Å². The fourth-order valence-electron chi connectivity index (χ4n) is 3.18. The molecule has 2 aromatic heterocycles. The highest BCUT2D eigenvalue weighted by Gasteiger charge is 2.23. The topological polar surface area (TPSA) is 46.0 Å². The SMILES string of the molecule is Cc1cccc(NCC2CCN(Cc3cnn(C(C)(C)C)c3)C2)n1. The minimum atomic E-state index is 0.0521. The molecule has 2 aromatic rings. The van der Waals surface area contributed by atoms with E-state index in [9.17, 15) is 0 Å². The third-order valence-corrected chi connectivity index (χ3v) is 4.56. The number of hydrogen-bond acceptors (Lipinski definition) is 4. The first-order valence-electron chi connectivity index (χ1n) is 8.84. The van der Waals surface area contributed by atoms with Crippen molar-refractivity contribution in [3.8, 4) is 0 Å². The Morgan fingerprint density at radius 2 is 2.12 bits per heavy atom. The van der Waals surface area contributed by atoms with Gasteiger partial charge in [0.2, 0.25) is 0 Å². The van der Waals surface area contributed by atoms with Crippen LogP contribution in [0.1, 0.15) is 38.4 Å². The Kier molecular flexibility index (Phi) is 4.90. The second-order valence-corrected chi connectivity index (χ2v) is 7.90. The predicted octanol–water partition coefficient (Wildman–Crippen LogP) is 3.28. The van der Waals surface area contributed by atoms with Gasteiger partial charge < -0.3 is 5.32 Å². The van der Waals surface area contributed by atoms with Gasteiger partial charge in [0.05, 0.1) is 11.7 Å². The highest BCUT2D eigenvalue weighted by atomic mass is 15.3. The molecule has 1 aliphatic heterocycles. The number of aromatic nitrogens is 3. The molecule has 5 heteroatoms. The molecule has 1 saturated heterocycles. The maximum absolute atomic E-state index is 4.51. The second kappa shape index (κ2) is 6.93. The van der Waals surface area contributed by atoms with Gasteiger partial charge in [-0.25, -0.2) is 4.98 Å². The molecule has 1 N–H and O–H groups in total. The van der Waals surface area contributed by atoms with Crippen molar-refractivity contribution in [1.29, 1.82) is 0 Å². The van der Waals surface area contributed by atoms with Gasteiger partial charge in [-0.15, -0.1) is 0 Å². The fraction of sp³-hybridized carbons (Fsp3) is 0.579. The third kappa shape index (κ3) is 4.35. The van der Waals surface area contributed by atoms with Gasteiger partial charge in [-0.2, -0.15) is 5.10 Å². The van der Waals surface area contributed by atoms with Gasteiger partial charge in [-0.3, -0.25) is 9.58 Å². The summed E-state index contributed by atoms with van der Waals surface area (Å²) in [5.41, 5.74) is 2.42. The number of nitrogens with one attached hydrogen (secondary N) is 1. The lowest BCUT2D eigenvalue weighted by Crippen LogP contribution is -2.23. The molecular formula is C19H29N5. The number of likely N-dealkylation sites (tertiary alicyclic amines) is 1. The van der Waals surface area contributed by atoms with Gasteiger partial charge in [0.15, 0.2) is 0 Å². The second-order valence-electron chi connectivity index (χ2n) is 7.90. The van der Waals surface area contributed by atoms with Crippen LogP contribution in [0.25, 0.3) is 0 Å². The molecule has 130 valence electrons. The van der Waals surface area contributed by atoms with Crippen molar-refractivity contribution < 1.29 is 0 Å². The average molecular weight is 327 g/mol. The Balaban J connectivity index is 1.48. The summed E-state index contributed by atoms with van der Waals surface area (Å²) in [6.07, 6.45) is 5.43. The summed E-state index contributed by atoms with van der Waals surface area (Å²) in [7, 11) is 0. The van der Waals surface area contributed by atoms with Gasteiger partial charge in [0.1, 0.15) is 5.82 Å². The first-order valence-corrected chi connectivity index (χ1v) is 8.84. The number of aryl methyl sites for hydroxylation is 1. The predicted molar refractivity (Wildman–Crippen MR) is 98.1 cm³/mol. The molecule has 3 heterocycles. The first-order chi connectivity index (χ1) is 11.4. The standard InChI is InChI=1S/C19H29N5/c1-15-6-5-7-18(22-15)20-10-16-8-9-23(12-16)13-17-11-21-24(14-17)19(2,3)4/h5-7,11,14,16H,8-10,12-13H2,1-4H3,(H,20,22). The van der Waals surface area contributed by atoms with Gasteiger partial charge in [0, 0.05) is 37.1 Å². The highest BCUT2D eigenvalue weighted by molar-refractivity contribution is 5.35. The lowest BCUT2D eigenvalue weighted by Gasteiger charge is -2.19. The van der Waals surface area contributed by atoms with Crippen LogP contribution in [-0.4, -0.2) is 39.3 Å². The van der Waals surface area contributed by atoms with E-state index in [1.54, 1.807) is 0 Å². The van der Waals surface area contributed by atoms with Crippen LogP contribution in [0.4, 0.5) is 5.82 Å². The number of nitrogens with zero attached hydrogens (tertiary/aromatic N) is 4. The van der Waals surface area contributed by atoms with Crippen molar-refractivity contribution >= 4 is 5.82 Å². The van der Waals surface area contributed by atoms with Crippen LogP contribution in [0.15, 0.2) is 30.6 Å². The quantitative estimate of drug-likeness (QED) is 0.915. The number of pyridine rings is 1. The van der Waals surface area contributed by atoms with E-state index in [4.69, 9.17) is 0 Å². The molecule has 0 spiro atoms. The summed E-state index contributed by atoms with van der Waals surface area (Å²) >= 11 is 0. The molecule has 1 unspecified atom stereocenters. The molecule has 3 rings (SSSR count). The maximum Gasteiger partial charge on any atom is 0.126 e. The molecule has 0 aliphatic carbocycles. The zero-order chi connectivity index (χ0) is 17.2. The number of hydrogen-bond donors (Lipinski definition) is 1. The van der Waals surface area contributed by atoms with E-state index in [0.717, 1.165) is 37.7 Å². The van der Waals surface area contributed by atoms with Gasteiger partial charge >= 0.3 is 0 Å². The molecule has 0 amide bonds. The van der Waals surface area contributed by atoms with Crippen molar-refractivity contribution in [2.24, 2.45) is 5.92 Å². The normalized spacial score (nSPS) is 18.9. The van der Waals surface area contributed by atoms with Crippen LogP contribution >= 0.6 is 0 Å². The Morgan fingerprint density at radius 1 is 1.29 bits per heavy atom. The highest BCUT2D eigenvalue weighted by Crippen LogP contribution is 2.20. The summed E-state index contributed by atoms with van der Waals surface area (Å²) < 4.78 is 2.06. The molecule has 1 aliphatic rings. The molecule has 1 fully saturated rings. The smallest absolute Gasteiger partial charge is 0.126 e. The summed E-state index contributed by atoms with van der Waals surface area (Å²) in [4.78, 5) is 7.04. The average Bonchev–Trinajstić information content (AvgIpc) is 3.15. The van der Waals surface area contributed by atoms with Crippen molar-refractivity contribution in [2.75, 3.05) is 25.0 Å². The van der Waals surface area contributed by atoms with Crippen LogP contribution in [0.5, 0.6) is 0 Å². The van der Waals surface area contributed by atoms with Gasteiger partial charge in [-0.1, -0.05) is 6.07 Å². The molecule has 1 atom stereocenters. The first kappa shape index (κ1) is 17.0. The van der Waals surface area contributed by atoms with E-state index >= 15 is 0 Å². The van der Waals surface area contributed by atoms with Crippen molar-refractivity contribution in [3.63, 3.8) is 0 Å². The monoisotopic (exact) mass is 327 g/mol. The largest absolute Gasteiger partial charge is 0.370 e. The van der Waals surface area contributed by atoms with Crippen molar-refractivity contribution in [1.82, 2.24) is 19.7 Å². The van der Waals surface area contributed by atoms with Crippen LogP contribution in [0.3, 0.4) is 0 Å². The number of rotatable bonds is 5. The van der Waals surface area contributed by atoms with E-state index < -0.39 is 0 Å². The lowest BCUT2D eigenvalue weighted by atomic mass is 10.1. The number of anilines is 1. The van der Waals surface area contributed by atoms with Gasteiger partial charge in [0.25, 0.3) is 0 Å². The third-order valence-electron chi connectivity index (χ3n) is 4.56. The maximum atomic E-state index is 4.51. The van der Waals surface area contributed by atoms with E-state index in [2.05, 4.69) is 58.0 Å². The summed E-state index contributed by atoms with van der Waals surface area (Å²) in [6.45, 7) is 12.9. The van der Waals surface area contributed by atoms with Crippen molar-refractivity contribution in [3.05, 3.63) is 41.9 Å². The van der Waals surface area contributed by atoms with E-state index in [-0.39, 0.29) is 5.54 Å². The summed E-state index contributed by atoms with van der Waals surface area (Å²) in [5, 5.41) is 7.98. The van der Waals surface area contributed by atoms with Crippen LogP contribution in [-0.2, 0) is 12.1 Å². The van der Waals surface area contributed by atoms with E-state index in [1.807, 2.05) is 25.3 Å². The molecule has 0 radical (unpaired) electrons. The molecule has 24 heavy (non-hydrogen) atoms. The summed E-state index contributed by atoms with van der Waals surface area (Å²) in [6, 6.07) is 6.12. The minimum absolute atomic E-state index is 0.0521. The summed E-state index contributed by atoms with van der Waals surface area (Å²) in [5.74, 6) is 1.67. The van der Waals surface area contributed by atoms with Crippen molar-refractivity contribution in [2.45, 2.75) is 46.2 Å². The van der Waals surface area contributed by atoms with Gasteiger partial charge in [-0.05, 0) is 58.7 Å². The Morgan fingerprint density at radius 3 is 2.83 bits per heavy atom. The van der Waals surface area contributed by atoms with Crippen LogP contribution in [0, 0.1) is 12.8 Å². The Labute approximate surface area is 145 Å². The lowest BCUT2D eigenvalue weighted by molar-refractivity contribution is 0.317. The molecule has 0 bridgehead atoms. The molecule has 0 saturated carbocycles. The molecule has 0 aromatic carbocycles. The van der Waals surface area contributed by atoms with E-state index in [0.29, 0.717) is 5.92 Å². The molecular weight excluding hydrogens is 298 g/mol. The Hall–Kier alpha value is -1.88.